The standard InChI is InChI=1S/C14H22O6/c1-11(17-3)13(15)19-9-7-5-6-8-10-20-14(16)12(2)18-4/h1-2,5-10H2,3-4H3. The quantitative estimate of drug-likeness (QED) is 0.250. The molecule has 0 saturated carbocycles. The number of hydrogen-bond donors (Lipinski definition) is 0. The maximum absolute atomic E-state index is 11.2. The number of hydrogen-bond acceptors (Lipinski definition) is 6. The Morgan fingerprint density at radius 1 is 0.750 bits per heavy atom. The Labute approximate surface area is 119 Å². The van der Waals surface area contributed by atoms with E-state index in [9.17, 15) is 9.59 Å². The third kappa shape index (κ3) is 8.18. The van der Waals surface area contributed by atoms with Crippen LogP contribution in [-0.4, -0.2) is 39.4 Å². The van der Waals surface area contributed by atoms with Crippen molar-refractivity contribution in [3.05, 3.63) is 24.7 Å². The van der Waals surface area contributed by atoms with Crippen LogP contribution >= 0.6 is 0 Å². The van der Waals surface area contributed by atoms with E-state index in [0.29, 0.717) is 13.2 Å². The number of unbranched alkanes of at least 4 members (excludes halogenated alkanes) is 3. The molecule has 0 aliphatic rings. The Kier molecular flexibility index (Phi) is 9.82. The summed E-state index contributed by atoms with van der Waals surface area (Å²) < 4.78 is 19.1. The van der Waals surface area contributed by atoms with Gasteiger partial charge >= 0.3 is 11.9 Å². The molecule has 0 amide bonds. The number of carbonyl (C=O) groups is 2. The minimum atomic E-state index is -0.542. The second kappa shape index (κ2) is 10.9. The maximum atomic E-state index is 11.2. The molecule has 0 aromatic carbocycles. The number of esters is 2. The van der Waals surface area contributed by atoms with Gasteiger partial charge in [-0.2, -0.15) is 0 Å². The molecule has 0 atom stereocenters. The first-order valence-electron chi connectivity index (χ1n) is 6.33. The number of methoxy groups -OCH3 is 2. The van der Waals surface area contributed by atoms with Crippen LogP contribution in [0.15, 0.2) is 24.7 Å². The lowest BCUT2D eigenvalue weighted by molar-refractivity contribution is -0.143. The summed E-state index contributed by atoms with van der Waals surface area (Å²) in [5.41, 5.74) is 0. The summed E-state index contributed by atoms with van der Waals surface area (Å²) >= 11 is 0. The maximum Gasteiger partial charge on any atom is 0.372 e. The zero-order valence-electron chi connectivity index (χ0n) is 12.1. The summed E-state index contributed by atoms with van der Waals surface area (Å²) in [5.74, 6) is -1.09. The SMILES string of the molecule is C=C(OC)C(=O)OCCCCCCOC(=O)C(=C)OC. The predicted octanol–water partition coefficient (Wildman–Crippen LogP) is 1.95. The summed E-state index contributed by atoms with van der Waals surface area (Å²) in [5, 5.41) is 0. The Bertz CT molecular complexity index is 314. The van der Waals surface area contributed by atoms with Crippen molar-refractivity contribution in [1.82, 2.24) is 0 Å². The van der Waals surface area contributed by atoms with E-state index in [4.69, 9.17) is 9.47 Å². The fourth-order valence-corrected chi connectivity index (χ4v) is 1.22. The van der Waals surface area contributed by atoms with Crippen molar-refractivity contribution in [2.75, 3.05) is 27.4 Å². The van der Waals surface area contributed by atoms with E-state index in [2.05, 4.69) is 22.6 Å². The van der Waals surface area contributed by atoms with E-state index in [1.165, 1.54) is 14.2 Å². The Morgan fingerprint density at radius 2 is 1.10 bits per heavy atom. The average Bonchev–Trinajstić information content (AvgIpc) is 2.47. The molecule has 0 saturated heterocycles. The van der Waals surface area contributed by atoms with Crippen LogP contribution < -0.4 is 0 Å². The molecular weight excluding hydrogens is 264 g/mol. The molecule has 114 valence electrons. The molecule has 0 aromatic rings. The van der Waals surface area contributed by atoms with Crippen LogP contribution in [0.25, 0.3) is 0 Å². The predicted molar refractivity (Wildman–Crippen MR) is 72.7 cm³/mol. The highest BCUT2D eigenvalue weighted by atomic mass is 16.6. The van der Waals surface area contributed by atoms with Crippen LogP contribution in [0.4, 0.5) is 0 Å². The lowest BCUT2D eigenvalue weighted by Crippen LogP contribution is -2.10. The summed E-state index contributed by atoms with van der Waals surface area (Å²) in [4.78, 5) is 22.3. The van der Waals surface area contributed by atoms with Crippen LogP contribution in [0.3, 0.4) is 0 Å². The van der Waals surface area contributed by atoms with Gasteiger partial charge in [-0.05, 0) is 38.8 Å². The molecule has 0 spiro atoms. The molecule has 0 rings (SSSR count). The topological polar surface area (TPSA) is 71.1 Å². The molecule has 0 heterocycles. The van der Waals surface area contributed by atoms with Gasteiger partial charge in [0.1, 0.15) is 0 Å². The number of carbonyl (C=O) groups excluding carboxylic acids is 2. The summed E-state index contributed by atoms with van der Waals surface area (Å²) in [6, 6.07) is 0. The van der Waals surface area contributed by atoms with Gasteiger partial charge in [-0.25, -0.2) is 9.59 Å². The normalized spacial score (nSPS) is 9.50. The summed E-state index contributed by atoms with van der Waals surface area (Å²) in [6.07, 6.45) is 3.22. The largest absolute Gasteiger partial charge is 0.490 e. The third-order valence-electron chi connectivity index (χ3n) is 2.45. The van der Waals surface area contributed by atoms with E-state index in [1.807, 2.05) is 0 Å². The van der Waals surface area contributed by atoms with Crippen molar-refractivity contribution in [3.8, 4) is 0 Å². The molecule has 0 unspecified atom stereocenters. The van der Waals surface area contributed by atoms with Crippen LogP contribution in [0, 0.1) is 0 Å². The van der Waals surface area contributed by atoms with Gasteiger partial charge in [-0.1, -0.05) is 0 Å². The lowest BCUT2D eigenvalue weighted by atomic mass is 10.2. The van der Waals surface area contributed by atoms with Crippen molar-refractivity contribution in [2.45, 2.75) is 25.7 Å². The molecule has 6 heteroatoms. The van der Waals surface area contributed by atoms with Gasteiger partial charge in [0.15, 0.2) is 11.5 Å². The summed E-state index contributed by atoms with van der Waals surface area (Å²) in [6.45, 7) is 7.42. The minimum absolute atomic E-state index is 0.00437. The van der Waals surface area contributed by atoms with Gasteiger partial charge < -0.3 is 18.9 Å². The molecule has 20 heavy (non-hydrogen) atoms. The van der Waals surface area contributed by atoms with E-state index >= 15 is 0 Å². The smallest absolute Gasteiger partial charge is 0.372 e. The van der Waals surface area contributed by atoms with Gasteiger partial charge in [0.2, 0.25) is 0 Å². The fourth-order valence-electron chi connectivity index (χ4n) is 1.22. The molecule has 0 aromatic heterocycles. The van der Waals surface area contributed by atoms with Crippen LogP contribution in [0.1, 0.15) is 25.7 Å². The third-order valence-corrected chi connectivity index (χ3v) is 2.45. The molecule has 6 nitrogen and oxygen atoms in total. The van der Waals surface area contributed by atoms with E-state index < -0.39 is 11.9 Å². The van der Waals surface area contributed by atoms with Gasteiger partial charge in [0, 0.05) is 0 Å². The highest BCUT2D eigenvalue weighted by Crippen LogP contribution is 2.03. The monoisotopic (exact) mass is 286 g/mol. The highest BCUT2D eigenvalue weighted by molar-refractivity contribution is 5.85. The minimum Gasteiger partial charge on any atom is -0.490 e. The first-order valence-corrected chi connectivity index (χ1v) is 6.33. The molecular formula is C14H22O6. The molecule has 0 aliphatic heterocycles. The average molecular weight is 286 g/mol. The highest BCUT2D eigenvalue weighted by Gasteiger charge is 2.08. The number of ether oxygens (including phenoxy) is 4. The van der Waals surface area contributed by atoms with Crippen LogP contribution in [0.2, 0.25) is 0 Å². The molecule has 0 bridgehead atoms. The van der Waals surface area contributed by atoms with Gasteiger partial charge in [-0.3, -0.25) is 0 Å². The van der Waals surface area contributed by atoms with Crippen molar-refractivity contribution in [1.29, 1.82) is 0 Å². The number of rotatable bonds is 11. The fraction of sp³-hybridized carbons (Fsp3) is 0.571. The van der Waals surface area contributed by atoms with Crippen LogP contribution in [-0.2, 0) is 28.5 Å². The van der Waals surface area contributed by atoms with Gasteiger partial charge in [-0.15, -0.1) is 0 Å². The van der Waals surface area contributed by atoms with Crippen molar-refractivity contribution >= 4 is 11.9 Å². The van der Waals surface area contributed by atoms with Crippen LogP contribution in [0.5, 0.6) is 0 Å². The second-order valence-electron chi connectivity index (χ2n) is 3.94. The first kappa shape index (κ1) is 18.0. The van der Waals surface area contributed by atoms with E-state index in [0.717, 1.165) is 25.7 Å². The summed E-state index contributed by atoms with van der Waals surface area (Å²) in [7, 11) is 2.73. The van der Waals surface area contributed by atoms with Gasteiger partial charge in [0.05, 0.1) is 27.4 Å². The van der Waals surface area contributed by atoms with E-state index in [-0.39, 0.29) is 11.5 Å². The van der Waals surface area contributed by atoms with Crippen molar-refractivity contribution in [3.63, 3.8) is 0 Å². The molecule has 0 aliphatic carbocycles. The molecule has 0 radical (unpaired) electrons. The lowest BCUT2D eigenvalue weighted by Gasteiger charge is -2.07. The second-order valence-corrected chi connectivity index (χ2v) is 3.94. The molecule has 0 N–H and O–H groups in total. The van der Waals surface area contributed by atoms with Crippen molar-refractivity contribution in [2.24, 2.45) is 0 Å². The first-order chi connectivity index (χ1) is 9.52. The van der Waals surface area contributed by atoms with Crippen molar-refractivity contribution < 1.29 is 28.5 Å². The zero-order chi connectivity index (χ0) is 15.4. The Morgan fingerprint density at radius 3 is 1.40 bits per heavy atom. The Hall–Kier alpha value is -1.98. The zero-order valence-corrected chi connectivity index (χ0v) is 12.1. The van der Waals surface area contributed by atoms with E-state index in [1.54, 1.807) is 0 Å². The van der Waals surface area contributed by atoms with Gasteiger partial charge in [0.25, 0.3) is 0 Å². The Balaban J connectivity index is 3.42. The molecule has 0 fully saturated rings.